The number of anilines is 2. The maximum atomic E-state index is 15.1. The second kappa shape index (κ2) is 37.9. The summed E-state index contributed by atoms with van der Waals surface area (Å²) < 4.78 is 18.3. The number of methoxy groups -OCH3 is 1. The van der Waals surface area contributed by atoms with Crippen LogP contribution >= 0.6 is 0 Å². The number of rotatable bonds is 38. The quantitative estimate of drug-likeness (QED) is 0.0114. The molecule has 32 heteroatoms. The van der Waals surface area contributed by atoms with Crippen molar-refractivity contribution in [1.82, 2.24) is 47.4 Å². The van der Waals surface area contributed by atoms with Crippen molar-refractivity contribution in [3.05, 3.63) is 178 Å². The Morgan fingerprint density at radius 1 is 0.586 bits per heavy atom. The van der Waals surface area contributed by atoms with Crippen LogP contribution in [0.15, 0.2) is 133 Å². The lowest BCUT2D eigenvalue weighted by atomic mass is 9.77. The van der Waals surface area contributed by atoms with Gasteiger partial charge < -0.3 is 99.5 Å². The number of hydrogen-bond acceptors (Lipinski definition) is 19. The van der Waals surface area contributed by atoms with Gasteiger partial charge in [-0.25, -0.2) is 4.79 Å². The zero-order valence-electron chi connectivity index (χ0n) is 62.5. The van der Waals surface area contributed by atoms with Crippen molar-refractivity contribution >= 4 is 88.3 Å². The SMILES string of the molecule is COc1ccc(C[C@@H](NC(=O)CCc2ccc(O)cc2)C(=O)N[C@@H](Cc2ccccc2)C(=O)N[C@@H](CCC(N)=O)C(=O)N[C@@H](CC(N)=O)C(=O)N[C@@H](CCCCNC(=O)c2ccc3c(c2)C(=O)OC32c3ccc(N(C)C)cc3Oc3cc(N(C)C)ccc32)C(=O)N2CCC[C@H]2C(=O)N[C@@H](CCCNC(=N)N)C(N)=O)cc1. The maximum Gasteiger partial charge on any atom is 0.340 e. The molecule has 0 radical (unpaired) electrons. The van der Waals surface area contributed by atoms with Crippen molar-refractivity contribution in [2.75, 3.05) is 64.7 Å². The molecule has 111 heavy (non-hydrogen) atoms. The van der Waals surface area contributed by atoms with Crippen LogP contribution in [0, 0.1) is 5.41 Å². The summed E-state index contributed by atoms with van der Waals surface area (Å²) in [5.74, 6) is -9.03. The van der Waals surface area contributed by atoms with E-state index >= 15 is 4.79 Å². The van der Waals surface area contributed by atoms with Crippen molar-refractivity contribution in [2.45, 2.75) is 138 Å². The van der Waals surface area contributed by atoms with E-state index < -0.39 is 138 Å². The number of hydrogen-bond donors (Lipinski definition) is 14. The number of aryl methyl sites for hydroxylation is 1. The number of nitrogens with one attached hydrogen (secondary N) is 9. The largest absolute Gasteiger partial charge is 0.508 e. The molecule has 3 heterocycles. The summed E-state index contributed by atoms with van der Waals surface area (Å²) in [5.41, 5.74) is 26.5. The lowest BCUT2D eigenvalue weighted by Gasteiger charge is -2.37. The first-order chi connectivity index (χ1) is 53.0. The third kappa shape index (κ3) is 21.6. The van der Waals surface area contributed by atoms with Crippen LogP contribution in [0.1, 0.15) is 125 Å². The third-order valence-electron chi connectivity index (χ3n) is 19.5. The summed E-state index contributed by atoms with van der Waals surface area (Å²) in [7, 11) is 9.05. The summed E-state index contributed by atoms with van der Waals surface area (Å²) in [5, 5.41) is 38.6. The monoisotopic (exact) mass is 1520 g/mol. The Balaban J connectivity index is 0.932. The number of ether oxygens (including phenoxy) is 3. The normalized spacial score (nSPS) is 15.1. The van der Waals surface area contributed by atoms with Gasteiger partial charge in [-0.1, -0.05) is 60.7 Å². The minimum absolute atomic E-state index is 0.00537. The molecular formula is C79H96N16O16. The van der Waals surface area contributed by atoms with Gasteiger partial charge in [0.15, 0.2) is 11.6 Å². The highest BCUT2D eigenvalue weighted by atomic mass is 16.6. The summed E-state index contributed by atoms with van der Waals surface area (Å²) >= 11 is 0. The van der Waals surface area contributed by atoms with E-state index in [0.29, 0.717) is 51.5 Å². The first-order valence-electron chi connectivity index (χ1n) is 36.5. The number of nitrogens with zero attached hydrogens (tertiary/aromatic N) is 3. The Hall–Kier alpha value is -12.8. The summed E-state index contributed by atoms with van der Waals surface area (Å²) in [6, 6.07) is 27.1. The van der Waals surface area contributed by atoms with E-state index in [1.54, 1.807) is 78.9 Å². The van der Waals surface area contributed by atoms with Gasteiger partial charge in [0, 0.05) is 119 Å². The predicted octanol–water partition coefficient (Wildman–Crippen LogP) is 1.91. The van der Waals surface area contributed by atoms with Crippen LogP contribution in [0.5, 0.6) is 23.0 Å². The number of nitrogens with two attached hydrogens (primary N) is 4. The van der Waals surface area contributed by atoms with E-state index in [0.717, 1.165) is 16.9 Å². The van der Waals surface area contributed by atoms with Gasteiger partial charge >= 0.3 is 5.97 Å². The van der Waals surface area contributed by atoms with Gasteiger partial charge in [-0.05, 0) is 135 Å². The molecule has 0 aromatic heterocycles. The molecular weight excluding hydrogens is 1430 g/mol. The van der Waals surface area contributed by atoms with Crippen LogP contribution in [0.3, 0.4) is 0 Å². The number of amides is 11. The van der Waals surface area contributed by atoms with Crippen molar-refractivity contribution in [2.24, 2.45) is 22.9 Å². The van der Waals surface area contributed by atoms with Crippen molar-refractivity contribution in [3.63, 3.8) is 0 Å². The molecule has 1 fully saturated rings. The van der Waals surface area contributed by atoms with Crippen LogP contribution in [0.2, 0.25) is 0 Å². The number of guanidine groups is 1. The molecule has 32 nitrogen and oxygen atoms in total. The molecule has 588 valence electrons. The molecule has 9 rings (SSSR count). The minimum atomic E-state index is -1.89. The van der Waals surface area contributed by atoms with Gasteiger partial charge in [-0.2, -0.15) is 0 Å². The zero-order valence-corrected chi connectivity index (χ0v) is 62.5. The number of esters is 1. The molecule has 3 aliphatic rings. The fourth-order valence-corrected chi connectivity index (χ4v) is 13.5. The highest BCUT2D eigenvalue weighted by molar-refractivity contribution is 6.03. The summed E-state index contributed by atoms with van der Waals surface area (Å²) in [6.07, 6.45) is -1.18. The average Bonchev–Trinajstić information content (AvgIpc) is 1.71. The topological polar surface area (TPSA) is 487 Å². The van der Waals surface area contributed by atoms with E-state index in [1.165, 1.54) is 30.2 Å². The third-order valence-corrected chi connectivity index (χ3v) is 19.5. The van der Waals surface area contributed by atoms with E-state index in [4.69, 9.17) is 42.6 Å². The first-order valence-corrected chi connectivity index (χ1v) is 36.5. The molecule has 18 N–H and O–H groups in total. The average molecular weight is 1530 g/mol. The number of primary amides is 3. The molecule has 0 saturated carbocycles. The lowest BCUT2D eigenvalue weighted by molar-refractivity contribution is -0.142. The van der Waals surface area contributed by atoms with Crippen LogP contribution in [-0.2, 0) is 77.5 Å². The lowest BCUT2D eigenvalue weighted by Crippen LogP contribution is -2.60. The molecule has 11 amide bonds. The number of carbonyl (C=O) groups excluding carboxylic acids is 12. The fourth-order valence-electron chi connectivity index (χ4n) is 13.5. The second-order valence-corrected chi connectivity index (χ2v) is 27.9. The number of carbonyl (C=O) groups is 12. The number of benzene rings is 6. The van der Waals surface area contributed by atoms with Crippen LogP contribution in [0.4, 0.5) is 11.4 Å². The Morgan fingerprint density at radius 2 is 1.14 bits per heavy atom. The Morgan fingerprint density at radius 3 is 1.75 bits per heavy atom. The molecule has 6 aromatic rings. The molecule has 6 aromatic carbocycles. The van der Waals surface area contributed by atoms with E-state index in [9.17, 15) is 57.8 Å². The highest BCUT2D eigenvalue weighted by Gasteiger charge is 2.54. The standard InChI is InChI=1S/C79H96N16O16/c1-93(2)49-24-31-55-64(42-49)110-65-43-50(94(3)4)25-32-56(65)79(55)54-30-23-48(41-53(54)77(108)111-79)70(101)85-36-10-9-15-59(76(107)95-38-12-17-63(95)75(106)88-57(69(82)100)16-11-37-86-78(83)84)90-74(105)62(44-67(81)98)92-71(102)58(33-34-66(80)97)89-73(104)61(39-46-13-7-6-8-14-46)91-72(103)60(40-47-20-28-52(109-5)29-21-47)87-68(99)35-22-45-18-26-51(96)27-19-45/h6-8,13-14,18-21,23-32,41-43,57-63,96H,9-12,15-17,22,33-40,44H2,1-5H3,(H2,80,97)(H2,81,98)(H2,82,100)(H,85,101)(H,87,99)(H,88,106)(H,89,104)(H,90,105)(H,91,103)(H,92,102)(H4,83,84,86)/t57-,58-,59-,60+,61-,62-,63-/m0/s1. The summed E-state index contributed by atoms with van der Waals surface area (Å²) in [4.78, 5) is 173. The van der Waals surface area contributed by atoms with E-state index in [1.807, 2.05) is 74.4 Å². The maximum absolute atomic E-state index is 15.1. The minimum Gasteiger partial charge on any atom is -0.508 e. The highest BCUT2D eigenvalue weighted by Crippen LogP contribution is 2.57. The molecule has 0 aliphatic carbocycles. The van der Waals surface area contributed by atoms with Gasteiger partial charge in [-0.15, -0.1) is 0 Å². The first kappa shape index (κ1) is 82.3. The Labute approximate surface area is 641 Å². The van der Waals surface area contributed by atoms with Crippen molar-refractivity contribution in [1.29, 1.82) is 5.41 Å². The number of unbranched alkanes of at least 4 members (excludes halogenated alkanes) is 1. The zero-order chi connectivity index (χ0) is 80.2. The molecule has 1 saturated heterocycles. The number of phenolic OH excluding ortho intramolecular Hbond substituents is 1. The van der Waals surface area contributed by atoms with Gasteiger partial charge in [0.2, 0.25) is 59.1 Å². The number of likely N-dealkylation sites (tertiary alicyclic amines) is 1. The molecule has 0 unspecified atom stereocenters. The van der Waals surface area contributed by atoms with Crippen molar-refractivity contribution in [3.8, 4) is 23.0 Å². The molecule has 3 aliphatic heterocycles. The molecule has 0 bridgehead atoms. The van der Waals surface area contributed by atoms with Gasteiger partial charge in [0.05, 0.1) is 19.1 Å². The Bertz CT molecular complexity index is 4390. The number of phenols is 1. The Kier molecular flexibility index (Phi) is 28.1. The van der Waals surface area contributed by atoms with E-state index in [-0.39, 0.29) is 107 Å². The van der Waals surface area contributed by atoms with Crippen molar-refractivity contribution < 1.29 is 76.9 Å². The van der Waals surface area contributed by atoms with E-state index in [2.05, 4.69) is 42.5 Å². The smallest absolute Gasteiger partial charge is 0.340 e. The molecule has 1 spiro atoms. The number of aromatic hydroxyl groups is 1. The van der Waals surface area contributed by atoms with Crippen LogP contribution in [0.25, 0.3) is 0 Å². The second-order valence-electron chi connectivity index (χ2n) is 27.9. The fraction of sp³-hybridized carbons (Fsp3) is 0.380. The van der Waals surface area contributed by atoms with Crippen LogP contribution in [-0.4, -0.2) is 184 Å². The van der Waals surface area contributed by atoms with Crippen LogP contribution < -0.4 is 84.7 Å². The van der Waals surface area contributed by atoms with Gasteiger partial charge in [-0.3, -0.25) is 58.1 Å². The summed E-state index contributed by atoms with van der Waals surface area (Å²) in [6.45, 7) is 0.160. The number of fused-ring (bicyclic) bond motifs is 6. The molecule has 7 atom stereocenters. The van der Waals surface area contributed by atoms with Gasteiger partial charge in [0.1, 0.15) is 65.3 Å². The predicted molar refractivity (Wildman–Crippen MR) is 410 cm³/mol. The van der Waals surface area contributed by atoms with Gasteiger partial charge in [0.25, 0.3) is 5.91 Å².